The number of aliphatic carboxylic acids is 1. The largest absolute Gasteiger partial charge is 0.496 e. The van der Waals surface area contributed by atoms with Crippen LogP contribution in [0.1, 0.15) is 74.8 Å². The van der Waals surface area contributed by atoms with Crippen LogP contribution in [0.4, 0.5) is 10.5 Å². The molecule has 68 heavy (non-hydrogen) atoms. The molecule has 2 bridgehead atoms. The molecule has 0 radical (unpaired) electrons. The zero-order valence-electron chi connectivity index (χ0n) is 39.1. The van der Waals surface area contributed by atoms with Crippen molar-refractivity contribution in [3.05, 3.63) is 70.9 Å². The summed E-state index contributed by atoms with van der Waals surface area (Å²) in [6, 6.07) is 10.9. The molecule has 1 aromatic heterocycles. The molecule has 19 heteroatoms. The number of aromatic nitrogens is 1. The Labute approximate surface area is 404 Å². The van der Waals surface area contributed by atoms with Gasteiger partial charge in [-0.2, -0.15) is 0 Å². The number of aromatic amines is 1. The highest BCUT2D eigenvalue weighted by Gasteiger charge is 2.78. The second-order valence-corrected chi connectivity index (χ2v) is 22.4. The number of carbonyl (C=O) groups excluding carboxylic acids is 3. The minimum absolute atomic E-state index is 0.0123. The minimum atomic E-state index is -2.51. The third-order valence-corrected chi connectivity index (χ3v) is 18.7. The second-order valence-electron chi connectivity index (χ2n) is 19.7. The monoisotopic (exact) mass is 976 g/mol. The maximum absolute atomic E-state index is 14.9. The summed E-state index contributed by atoms with van der Waals surface area (Å²) >= 11 is 0. The lowest BCUT2D eigenvalue weighted by atomic mass is 9.47. The number of benzene rings is 2. The fourth-order valence-corrected chi connectivity index (χ4v) is 15.6. The molecule has 10 atom stereocenters. The Balaban J connectivity index is 1.17. The van der Waals surface area contributed by atoms with Crippen molar-refractivity contribution in [3.63, 3.8) is 0 Å². The van der Waals surface area contributed by atoms with E-state index in [1.54, 1.807) is 7.11 Å². The first-order chi connectivity index (χ1) is 32.7. The molecule has 6 heterocycles. The predicted octanol–water partition coefficient (Wildman–Crippen LogP) is 3.86. The molecule has 3 aromatic rings. The number of hydrazine groups is 1. The van der Waals surface area contributed by atoms with Gasteiger partial charge in [0.1, 0.15) is 25.1 Å². The number of piperidine rings is 1. The fourth-order valence-electron chi connectivity index (χ4n) is 13.7. The number of nitrogens with one attached hydrogen (secondary N) is 3. The van der Waals surface area contributed by atoms with Crippen molar-refractivity contribution < 1.29 is 53.8 Å². The van der Waals surface area contributed by atoms with E-state index in [2.05, 4.69) is 43.8 Å². The zero-order valence-corrected chi connectivity index (χ0v) is 40.8. The van der Waals surface area contributed by atoms with Gasteiger partial charge in [0.2, 0.25) is 0 Å². The summed E-state index contributed by atoms with van der Waals surface area (Å²) in [5, 5.41) is 48.2. The number of rotatable bonds is 15. The number of para-hydroxylation sites is 1. The SMILES string of the molecule is CC[C@]1(O)CC2CN(CCc3c([nH]c4ccccc34)[C@@](COC=O)(c3cc4c(cc3OC)N(C)[C@@H]3C45CCN4CC=C[C@](CC)([C@H]45)[C@@H](O)[C@]3(O)C(=O)NNC(=O)OCCSSCCC(=O)O)C2)C1. The highest BCUT2D eigenvalue weighted by molar-refractivity contribution is 8.76. The maximum Gasteiger partial charge on any atom is 0.426 e. The third-order valence-electron chi connectivity index (χ3n) is 16.4. The Morgan fingerprint density at radius 3 is 2.56 bits per heavy atom. The van der Waals surface area contributed by atoms with E-state index in [0.29, 0.717) is 87.6 Å². The summed E-state index contributed by atoms with van der Waals surface area (Å²) in [6.45, 7) is 7.67. The third kappa shape index (κ3) is 7.65. The number of anilines is 1. The van der Waals surface area contributed by atoms with Gasteiger partial charge in [0.15, 0.2) is 5.60 Å². The zero-order chi connectivity index (χ0) is 48.2. The number of ether oxygens (including phenoxy) is 3. The van der Waals surface area contributed by atoms with Crippen LogP contribution in [0, 0.1) is 11.3 Å². The molecule has 1 aliphatic carbocycles. The van der Waals surface area contributed by atoms with Crippen LogP contribution in [0.5, 0.6) is 5.75 Å². The molecule has 2 aromatic carbocycles. The van der Waals surface area contributed by atoms with Crippen molar-refractivity contribution in [1.82, 2.24) is 25.6 Å². The number of carboxylic acids is 1. The Morgan fingerprint density at radius 2 is 1.81 bits per heavy atom. The van der Waals surface area contributed by atoms with Crippen LogP contribution in [0.25, 0.3) is 10.9 Å². The Hall–Kier alpha value is -4.50. The van der Waals surface area contributed by atoms with Crippen molar-refractivity contribution in [2.24, 2.45) is 11.3 Å². The average molecular weight is 977 g/mol. The van der Waals surface area contributed by atoms with E-state index in [1.807, 2.05) is 56.1 Å². The molecule has 2 saturated heterocycles. The highest BCUT2D eigenvalue weighted by atomic mass is 33.1. The molecule has 17 nitrogen and oxygen atoms in total. The summed E-state index contributed by atoms with van der Waals surface area (Å²) in [5.41, 5.74) is 3.46. The number of nitrogens with zero attached hydrogens (tertiary/aromatic N) is 3. The Kier molecular flexibility index (Phi) is 13.3. The Bertz CT molecular complexity index is 2470. The number of methoxy groups -OCH3 is 1. The summed E-state index contributed by atoms with van der Waals surface area (Å²) < 4.78 is 17.7. The molecule has 7 N–H and O–H groups in total. The lowest BCUT2D eigenvalue weighted by molar-refractivity contribution is -0.204. The Morgan fingerprint density at radius 1 is 1.01 bits per heavy atom. The van der Waals surface area contributed by atoms with Gasteiger partial charge < -0.3 is 44.5 Å². The molecule has 9 rings (SSSR count). The van der Waals surface area contributed by atoms with E-state index in [9.17, 15) is 34.5 Å². The lowest BCUT2D eigenvalue weighted by Crippen LogP contribution is -2.82. The molecule has 1 spiro atoms. The van der Waals surface area contributed by atoms with Crippen molar-refractivity contribution in [1.29, 1.82) is 0 Å². The minimum Gasteiger partial charge on any atom is -0.496 e. The first-order valence-electron chi connectivity index (χ1n) is 23.7. The van der Waals surface area contributed by atoms with Crippen molar-refractivity contribution in [2.45, 2.75) is 99.0 Å². The number of carboxylic acid groups (broad SMARTS) is 1. The van der Waals surface area contributed by atoms with Crippen LogP contribution in [0.3, 0.4) is 0 Å². The maximum atomic E-state index is 14.9. The summed E-state index contributed by atoms with van der Waals surface area (Å²) in [6.07, 6.45) is 4.60. The topological polar surface area (TPSA) is 226 Å². The highest BCUT2D eigenvalue weighted by Crippen LogP contribution is 2.67. The first-order valence-corrected chi connectivity index (χ1v) is 26.2. The van der Waals surface area contributed by atoms with E-state index in [1.165, 1.54) is 21.6 Å². The number of H-pyrrole nitrogens is 1. The normalized spacial score (nSPS) is 33.5. The molecule has 3 fully saturated rings. The molecule has 1 saturated carbocycles. The molecule has 5 aliphatic heterocycles. The second kappa shape index (κ2) is 18.7. The van der Waals surface area contributed by atoms with E-state index < -0.39 is 57.6 Å². The quantitative estimate of drug-likeness (QED) is 0.0378. The summed E-state index contributed by atoms with van der Waals surface area (Å²) in [5.74, 6) is -0.629. The predicted molar refractivity (Wildman–Crippen MR) is 259 cm³/mol. The van der Waals surface area contributed by atoms with E-state index >= 15 is 0 Å². The molecule has 2 amide bonds. The van der Waals surface area contributed by atoms with Crippen LogP contribution in [0.15, 0.2) is 48.6 Å². The molecule has 3 unspecified atom stereocenters. The van der Waals surface area contributed by atoms with Crippen LogP contribution in [-0.4, -0.2) is 161 Å². The molecular formula is C49H64N6O11S2. The number of aliphatic hydroxyl groups is 3. The van der Waals surface area contributed by atoms with Gasteiger partial charge in [0.05, 0.1) is 30.6 Å². The van der Waals surface area contributed by atoms with Gasteiger partial charge in [0.25, 0.3) is 12.4 Å². The van der Waals surface area contributed by atoms with Crippen LogP contribution < -0.4 is 20.5 Å². The van der Waals surface area contributed by atoms with Gasteiger partial charge in [-0.1, -0.05) is 65.8 Å². The van der Waals surface area contributed by atoms with Crippen LogP contribution in [-0.2, 0) is 41.1 Å². The number of hydrogen-bond donors (Lipinski definition) is 7. The van der Waals surface area contributed by atoms with Crippen LogP contribution >= 0.6 is 21.6 Å². The van der Waals surface area contributed by atoms with Gasteiger partial charge in [0, 0.05) is 95.5 Å². The van der Waals surface area contributed by atoms with Gasteiger partial charge in [-0.05, 0) is 74.2 Å². The molecule has 6 aliphatic rings. The van der Waals surface area contributed by atoms with E-state index in [0.717, 1.165) is 46.4 Å². The standard InChI is InChI=1S/C49H64N6O11S2/c1-5-45(62)24-30-25-47(28-65-29-56,39-32(12-17-54(26-30)27-45)31-10-7-8-11-35(31)50-39)34-22-33-36(23-37(34)64-4)53(3)41-48(33)15-18-55-16-9-14-46(6-2,40(48)55)42(59)49(41,63)43(60)51-52-44(61)66-19-21-68-67-20-13-38(57)58/h7-11,14,22-23,29-30,40-42,50,59,62-63H,5-6,12-13,15-21,24-28H2,1-4H3,(H,51,60)(H,52,61)(H,57,58)/t30?,40-,41+,42+,45-,46+,47-,48?,49-/m0/s1. The smallest absolute Gasteiger partial charge is 0.426 e. The van der Waals surface area contributed by atoms with Crippen LogP contribution in [0.2, 0.25) is 0 Å². The molecular weight excluding hydrogens is 913 g/mol. The summed E-state index contributed by atoms with van der Waals surface area (Å²) in [7, 11) is 6.13. The van der Waals surface area contributed by atoms with Gasteiger partial charge in [-0.25, -0.2) is 10.2 Å². The average Bonchev–Trinajstić information content (AvgIpc) is 4.00. The first kappa shape index (κ1) is 48.5. The number of amides is 2. The van der Waals surface area contributed by atoms with E-state index in [-0.39, 0.29) is 31.6 Å². The molecule has 368 valence electrons. The van der Waals surface area contributed by atoms with Gasteiger partial charge in [-0.15, -0.1) is 0 Å². The van der Waals surface area contributed by atoms with Crippen molar-refractivity contribution in [3.8, 4) is 5.75 Å². The van der Waals surface area contributed by atoms with Crippen molar-refractivity contribution >= 4 is 62.6 Å². The number of hydrogen-bond acceptors (Lipinski definition) is 15. The van der Waals surface area contributed by atoms with Crippen molar-refractivity contribution in [2.75, 3.05) is 76.5 Å². The fraction of sp³-hybridized carbons (Fsp3) is 0.592. The number of fused-ring (bicyclic) bond motifs is 6. The van der Waals surface area contributed by atoms with Gasteiger partial charge >= 0.3 is 12.1 Å². The van der Waals surface area contributed by atoms with Gasteiger partial charge in [-0.3, -0.25) is 29.6 Å². The lowest BCUT2D eigenvalue weighted by Gasteiger charge is -2.63. The number of likely N-dealkylation sites (N-methyl/N-ethyl adjacent to an activating group) is 1. The number of aliphatic hydroxyl groups excluding tert-OH is 1. The summed E-state index contributed by atoms with van der Waals surface area (Å²) in [4.78, 5) is 61.6. The van der Waals surface area contributed by atoms with E-state index in [4.69, 9.17) is 19.3 Å². The number of carbonyl (C=O) groups is 4.